The largest absolute Gasteiger partial charge is 0.465 e. The van der Waals surface area contributed by atoms with Crippen molar-refractivity contribution in [1.29, 1.82) is 0 Å². The lowest BCUT2D eigenvalue weighted by Gasteiger charge is -1.99. The van der Waals surface area contributed by atoms with Crippen LogP contribution in [0, 0.1) is 6.92 Å². The lowest BCUT2D eigenvalue weighted by atomic mass is 10.2. The maximum atomic E-state index is 5.86. The molecular weight excluding hydrogens is 302 g/mol. The zero-order valence-electron chi connectivity index (χ0n) is 12.2. The van der Waals surface area contributed by atoms with Gasteiger partial charge in [-0.05, 0) is 43.3 Å². The summed E-state index contributed by atoms with van der Waals surface area (Å²) in [4.78, 5) is 4.37. The molecule has 0 saturated carbocycles. The number of nitrogens with one attached hydrogen (secondary N) is 1. The van der Waals surface area contributed by atoms with E-state index in [9.17, 15) is 0 Å². The number of rotatable bonds is 6. The number of halogens is 1. The van der Waals surface area contributed by atoms with Gasteiger partial charge in [-0.15, -0.1) is 0 Å². The summed E-state index contributed by atoms with van der Waals surface area (Å²) in [7, 11) is 0. The van der Waals surface area contributed by atoms with E-state index >= 15 is 0 Å². The Morgan fingerprint density at radius 2 is 1.95 bits per heavy atom. The summed E-state index contributed by atoms with van der Waals surface area (Å²) in [6, 6.07) is 11.3. The van der Waals surface area contributed by atoms with Crippen LogP contribution in [-0.4, -0.2) is 16.7 Å². The number of aryl methyl sites for hydroxylation is 1. The third-order valence-electron chi connectivity index (χ3n) is 3.18. The van der Waals surface area contributed by atoms with Crippen molar-refractivity contribution < 1.29 is 8.94 Å². The molecule has 0 fully saturated rings. The number of hydrogen-bond donors (Lipinski definition) is 1. The van der Waals surface area contributed by atoms with Gasteiger partial charge in [-0.25, -0.2) is 0 Å². The Bertz CT molecular complexity index is 734. The zero-order valence-corrected chi connectivity index (χ0v) is 12.9. The molecule has 0 aliphatic carbocycles. The van der Waals surface area contributed by atoms with E-state index in [1.54, 1.807) is 12.1 Å². The lowest BCUT2D eigenvalue weighted by Crippen LogP contribution is -2.16. The fourth-order valence-corrected chi connectivity index (χ4v) is 2.19. The molecule has 0 radical (unpaired) electrons. The quantitative estimate of drug-likeness (QED) is 0.703. The third kappa shape index (κ3) is 3.75. The van der Waals surface area contributed by atoms with E-state index in [1.165, 1.54) is 0 Å². The Morgan fingerprint density at radius 1 is 1.14 bits per heavy atom. The zero-order chi connectivity index (χ0) is 15.4. The Balaban J connectivity index is 1.50. The first-order valence-electron chi connectivity index (χ1n) is 7.05. The number of aromatic nitrogens is 2. The van der Waals surface area contributed by atoms with Gasteiger partial charge in [0.2, 0.25) is 11.7 Å². The van der Waals surface area contributed by atoms with Gasteiger partial charge in [-0.3, -0.25) is 0 Å². The summed E-state index contributed by atoms with van der Waals surface area (Å²) in [5.41, 5.74) is 0.887. The molecule has 0 unspecified atom stereocenters. The molecule has 2 aromatic heterocycles. The lowest BCUT2D eigenvalue weighted by molar-refractivity contribution is 0.374. The minimum atomic E-state index is 0.577. The van der Waals surface area contributed by atoms with Crippen LogP contribution < -0.4 is 5.32 Å². The first-order valence-corrected chi connectivity index (χ1v) is 7.43. The van der Waals surface area contributed by atoms with E-state index in [2.05, 4.69) is 15.5 Å². The second-order valence-corrected chi connectivity index (χ2v) is 5.39. The molecule has 0 aliphatic rings. The molecule has 1 aromatic carbocycles. The molecule has 6 heteroatoms. The van der Waals surface area contributed by atoms with Gasteiger partial charge in [0.25, 0.3) is 0 Å². The first-order chi connectivity index (χ1) is 10.7. The third-order valence-corrected chi connectivity index (χ3v) is 3.43. The van der Waals surface area contributed by atoms with E-state index in [4.69, 9.17) is 20.5 Å². The Labute approximate surface area is 133 Å². The summed E-state index contributed by atoms with van der Waals surface area (Å²) in [6.45, 7) is 3.36. The molecule has 0 spiro atoms. The van der Waals surface area contributed by atoms with Crippen molar-refractivity contribution in [2.24, 2.45) is 0 Å². The van der Waals surface area contributed by atoms with Gasteiger partial charge in [-0.1, -0.05) is 16.8 Å². The van der Waals surface area contributed by atoms with E-state index in [1.807, 2.05) is 31.2 Å². The Kier molecular flexibility index (Phi) is 4.56. The normalized spacial score (nSPS) is 11.0. The smallest absolute Gasteiger partial charge is 0.228 e. The minimum absolute atomic E-state index is 0.577. The number of benzene rings is 1. The molecule has 22 heavy (non-hydrogen) atoms. The molecule has 114 valence electrons. The van der Waals surface area contributed by atoms with E-state index in [0.717, 1.165) is 23.6 Å². The van der Waals surface area contributed by atoms with Crippen molar-refractivity contribution in [2.75, 3.05) is 6.54 Å². The second kappa shape index (κ2) is 6.77. The summed E-state index contributed by atoms with van der Waals surface area (Å²) in [5, 5.41) is 7.95. The maximum absolute atomic E-state index is 5.86. The van der Waals surface area contributed by atoms with E-state index in [0.29, 0.717) is 29.7 Å². The van der Waals surface area contributed by atoms with E-state index < -0.39 is 0 Å². The van der Waals surface area contributed by atoms with Gasteiger partial charge in [0.05, 0.1) is 6.54 Å². The van der Waals surface area contributed by atoms with Crippen LogP contribution in [0.15, 0.2) is 45.3 Å². The van der Waals surface area contributed by atoms with Gasteiger partial charge in [0.1, 0.15) is 11.5 Å². The SMILES string of the molecule is Cc1ccc(CNCCc2nc(-c3ccc(Cl)cc3)no2)o1. The standard InChI is InChI=1S/C16H16ClN3O2/c1-11-2-7-14(21-11)10-18-9-8-15-19-16(20-22-15)12-3-5-13(17)6-4-12/h2-7,18H,8-10H2,1H3. The fourth-order valence-electron chi connectivity index (χ4n) is 2.06. The van der Waals surface area contributed by atoms with Crippen molar-refractivity contribution in [2.45, 2.75) is 19.9 Å². The number of hydrogen-bond acceptors (Lipinski definition) is 5. The van der Waals surface area contributed by atoms with Crippen LogP contribution in [0.4, 0.5) is 0 Å². The topological polar surface area (TPSA) is 64.1 Å². The van der Waals surface area contributed by atoms with Crippen LogP contribution in [0.5, 0.6) is 0 Å². The molecule has 5 nitrogen and oxygen atoms in total. The van der Waals surface area contributed by atoms with Gasteiger partial charge < -0.3 is 14.3 Å². The van der Waals surface area contributed by atoms with Crippen molar-refractivity contribution in [3.8, 4) is 11.4 Å². The highest BCUT2D eigenvalue weighted by Crippen LogP contribution is 2.18. The molecule has 0 saturated heterocycles. The summed E-state index contributed by atoms with van der Waals surface area (Å²) < 4.78 is 10.7. The molecule has 1 N–H and O–H groups in total. The van der Waals surface area contributed by atoms with Crippen molar-refractivity contribution >= 4 is 11.6 Å². The molecule has 3 aromatic rings. The Hall–Kier alpha value is -2.11. The average Bonchev–Trinajstić information content (AvgIpc) is 3.14. The highest BCUT2D eigenvalue weighted by Gasteiger charge is 2.08. The molecular formula is C16H16ClN3O2. The predicted molar refractivity (Wildman–Crippen MR) is 83.6 cm³/mol. The van der Waals surface area contributed by atoms with Gasteiger partial charge in [0.15, 0.2) is 0 Å². The molecule has 0 atom stereocenters. The first kappa shape index (κ1) is 14.8. The Morgan fingerprint density at radius 3 is 2.68 bits per heavy atom. The van der Waals surface area contributed by atoms with Gasteiger partial charge in [-0.2, -0.15) is 4.98 Å². The summed E-state index contributed by atoms with van der Waals surface area (Å²) in [6.07, 6.45) is 0.667. The van der Waals surface area contributed by atoms with Crippen LogP contribution in [0.1, 0.15) is 17.4 Å². The van der Waals surface area contributed by atoms with Crippen LogP contribution in [-0.2, 0) is 13.0 Å². The molecule has 3 rings (SSSR count). The van der Waals surface area contributed by atoms with Crippen LogP contribution in [0.3, 0.4) is 0 Å². The van der Waals surface area contributed by atoms with Gasteiger partial charge >= 0.3 is 0 Å². The number of furan rings is 1. The highest BCUT2D eigenvalue weighted by atomic mass is 35.5. The summed E-state index contributed by atoms with van der Waals surface area (Å²) in [5.74, 6) is 3.02. The molecule has 0 amide bonds. The summed E-state index contributed by atoms with van der Waals surface area (Å²) >= 11 is 5.86. The van der Waals surface area contributed by atoms with Crippen molar-refractivity contribution in [3.63, 3.8) is 0 Å². The van der Waals surface area contributed by atoms with Crippen LogP contribution in [0.2, 0.25) is 5.02 Å². The van der Waals surface area contributed by atoms with Crippen LogP contribution in [0.25, 0.3) is 11.4 Å². The molecule has 0 bridgehead atoms. The van der Waals surface area contributed by atoms with Crippen molar-refractivity contribution in [1.82, 2.24) is 15.5 Å². The number of nitrogens with zero attached hydrogens (tertiary/aromatic N) is 2. The minimum Gasteiger partial charge on any atom is -0.465 e. The van der Waals surface area contributed by atoms with Crippen LogP contribution >= 0.6 is 11.6 Å². The van der Waals surface area contributed by atoms with Crippen molar-refractivity contribution in [3.05, 3.63) is 58.8 Å². The van der Waals surface area contributed by atoms with E-state index in [-0.39, 0.29) is 0 Å². The average molecular weight is 318 g/mol. The molecule has 0 aliphatic heterocycles. The maximum Gasteiger partial charge on any atom is 0.228 e. The van der Waals surface area contributed by atoms with Gasteiger partial charge in [0, 0.05) is 23.6 Å². The fraction of sp³-hybridized carbons (Fsp3) is 0.250. The molecule has 2 heterocycles. The predicted octanol–water partition coefficient (Wildman–Crippen LogP) is 3.62. The highest BCUT2D eigenvalue weighted by molar-refractivity contribution is 6.30. The second-order valence-electron chi connectivity index (χ2n) is 4.96. The monoisotopic (exact) mass is 317 g/mol.